The highest BCUT2D eigenvalue weighted by atomic mass is 16.5. The van der Waals surface area contributed by atoms with E-state index in [9.17, 15) is 4.79 Å². The maximum Gasteiger partial charge on any atom is 0.250 e. The van der Waals surface area contributed by atoms with Crippen LogP contribution in [0.15, 0.2) is 42.2 Å². The van der Waals surface area contributed by atoms with Gasteiger partial charge in [0, 0.05) is 24.0 Å². The third kappa shape index (κ3) is 3.49. The highest BCUT2D eigenvalue weighted by Gasteiger charge is 2.30. The maximum absolute atomic E-state index is 13.1. The summed E-state index contributed by atoms with van der Waals surface area (Å²) in [6.07, 6.45) is 9.42. The minimum atomic E-state index is 0.0204. The highest BCUT2D eigenvalue weighted by molar-refractivity contribution is 5.94. The van der Waals surface area contributed by atoms with Crippen LogP contribution in [0.2, 0.25) is 0 Å². The predicted octanol–water partition coefficient (Wildman–Crippen LogP) is 2.88. The van der Waals surface area contributed by atoms with Crippen molar-refractivity contribution >= 4 is 5.91 Å². The van der Waals surface area contributed by atoms with Gasteiger partial charge < -0.3 is 9.64 Å². The fraction of sp³-hybridized carbons (Fsp3) is 0.450. The number of amides is 1. The molecule has 0 fully saturated rings. The van der Waals surface area contributed by atoms with Gasteiger partial charge in [-0.2, -0.15) is 5.10 Å². The van der Waals surface area contributed by atoms with E-state index in [1.807, 2.05) is 40.9 Å². The lowest BCUT2D eigenvalue weighted by Gasteiger charge is -2.30. The van der Waals surface area contributed by atoms with E-state index >= 15 is 0 Å². The summed E-state index contributed by atoms with van der Waals surface area (Å²) in [5.41, 5.74) is 2.98. The van der Waals surface area contributed by atoms with Crippen LogP contribution in [0.5, 0.6) is 5.75 Å². The van der Waals surface area contributed by atoms with E-state index in [2.05, 4.69) is 16.2 Å². The summed E-state index contributed by atoms with van der Waals surface area (Å²) in [7, 11) is 0. The summed E-state index contributed by atoms with van der Waals surface area (Å²) in [6.45, 7) is 3.79. The van der Waals surface area contributed by atoms with E-state index in [0.29, 0.717) is 13.2 Å². The molecular weight excluding hydrogens is 328 g/mol. The number of carbonyl (C=O) groups is 1. The zero-order chi connectivity index (χ0) is 17.9. The van der Waals surface area contributed by atoms with Crippen molar-refractivity contribution < 1.29 is 9.53 Å². The van der Waals surface area contributed by atoms with Gasteiger partial charge in [-0.05, 0) is 50.8 Å². The van der Waals surface area contributed by atoms with Gasteiger partial charge >= 0.3 is 0 Å². The monoisotopic (exact) mass is 352 g/mol. The Labute approximate surface area is 153 Å². The minimum absolute atomic E-state index is 0.0204. The number of aromatic nitrogens is 3. The molecule has 0 bridgehead atoms. The summed E-state index contributed by atoms with van der Waals surface area (Å²) in [4.78, 5) is 19.4. The van der Waals surface area contributed by atoms with Gasteiger partial charge in [-0.15, -0.1) is 0 Å². The second-order valence-electron chi connectivity index (χ2n) is 6.99. The number of aryl methyl sites for hydroxylation is 2. The van der Waals surface area contributed by atoms with Crippen LogP contribution in [-0.2, 0) is 17.9 Å². The van der Waals surface area contributed by atoms with E-state index in [-0.39, 0.29) is 11.9 Å². The molecule has 0 radical (unpaired) electrons. The van der Waals surface area contributed by atoms with Crippen LogP contribution in [0.4, 0.5) is 0 Å². The number of hydrogen-bond donors (Lipinski definition) is 0. The fourth-order valence-corrected chi connectivity index (χ4v) is 3.62. The molecule has 2 aromatic rings. The first-order valence-electron chi connectivity index (χ1n) is 9.27. The Kier molecular flexibility index (Phi) is 4.73. The van der Waals surface area contributed by atoms with Crippen molar-refractivity contribution in [1.82, 2.24) is 19.7 Å². The van der Waals surface area contributed by atoms with Crippen LogP contribution in [0, 0.1) is 6.92 Å². The molecule has 26 heavy (non-hydrogen) atoms. The smallest absolute Gasteiger partial charge is 0.250 e. The number of hydrogen-bond acceptors (Lipinski definition) is 4. The van der Waals surface area contributed by atoms with E-state index < -0.39 is 0 Å². The Balaban J connectivity index is 1.52. The van der Waals surface area contributed by atoms with Crippen molar-refractivity contribution in [2.45, 2.75) is 51.7 Å². The molecule has 1 unspecified atom stereocenters. The van der Waals surface area contributed by atoms with Crippen LogP contribution in [0.25, 0.3) is 0 Å². The standard InChI is InChI=1S/C20H24N4O2/c1-15-6-7-19(12-21-15)26-14-18-9-11-24-17(8-10-22-24)13-23(18)20(25)16-4-2-3-5-16/h4,6-8,10,12,18H,2-3,5,9,11,13-14H2,1H3. The van der Waals surface area contributed by atoms with Gasteiger partial charge in [0.25, 0.3) is 0 Å². The lowest BCUT2D eigenvalue weighted by atomic mass is 10.1. The van der Waals surface area contributed by atoms with Crippen molar-refractivity contribution in [2.24, 2.45) is 0 Å². The summed E-state index contributed by atoms with van der Waals surface area (Å²) in [6, 6.07) is 5.88. The average Bonchev–Trinajstić information content (AvgIpc) is 3.31. The average molecular weight is 352 g/mol. The van der Waals surface area contributed by atoms with Gasteiger partial charge in [0.2, 0.25) is 5.91 Å². The highest BCUT2D eigenvalue weighted by Crippen LogP contribution is 2.25. The normalized spacial score (nSPS) is 19.7. The topological polar surface area (TPSA) is 60.2 Å². The van der Waals surface area contributed by atoms with Crippen molar-refractivity contribution in [3.63, 3.8) is 0 Å². The molecule has 0 saturated heterocycles. The lowest BCUT2D eigenvalue weighted by molar-refractivity contribution is -0.131. The maximum atomic E-state index is 13.1. The largest absolute Gasteiger partial charge is 0.490 e. The molecule has 3 heterocycles. The number of rotatable bonds is 4. The van der Waals surface area contributed by atoms with E-state index in [4.69, 9.17) is 4.74 Å². The number of allylic oxidation sites excluding steroid dienone is 1. The molecule has 2 aromatic heterocycles. The Morgan fingerprint density at radius 2 is 2.27 bits per heavy atom. The van der Waals surface area contributed by atoms with Crippen molar-refractivity contribution in [1.29, 1.82) is 0 Å². The number of nitrogens with zero attached hydrogens (tertiary/aromatic N) is 4. The third-order valence-electron chi connectivity index (χ3n) is 5.15. The Bertz CT molecular complexity index is 809. The molecule has 136 valence electrons. The summed E-state index contributed by atoms with van der Waals surface area (Å²) >= 11 is 0. The molecule has 1 aliphatic heterocycles. The number of pyridine rings is 1. The predicted molar refractivity (Wildman–Crippen MR) is 97.6 cm³/mol. The van der Waals surface area contributed by atoms with Gasteiger partial charge in [-0.25, -0.2) is 0 Å². The molecule has 0 saturated carbocycles. The molecule has 1 atom stereocenters. The molecule has 1 amide bonds. The van der Waals surface area contributed by atoms with Crippen LogP contribution in [0.3, 0.4) is 0 Å². The Morgan fingerprint density at radius 1 is 1.35 bits per heavy atom. The van der Waals surface area contributed by atoms with Gasteiger partial charge in [-0.1, -0.05) is 6.08 Å². The molecule has 6 heteroatoms. The van der Waals surface area contributed by atoms with Crippen molar-refractivity contribution in [2.75, 3.05) is 6.61 Å². The van der Waals surface area contributed by atoms with Crippen molar-refractivity contribution in [3.05, 3.63) is 53.6 Å². The molecule has 2 aliphatic rings. The number of carbonyl (C=O) groups excluding carboxylic acids is 1. The SMILES string of the molecule is Cc1ccc(OCC2CCn3nccc3CN2C(=O)C2=CCCC2)cn1. The van der Waals surface area contributed by atoms with Crippen molar-refractivity contribution in [3.8, 4) is 5.75 Å². The van der Waals surface area contributed by atoms with Gasteiger partial charge in [0.1, 0.15) is 12.4 Å². The summed E-state index contributed by atoms with van der Waals surface area (Å²) in [5, 5.41) is 4.38. The Morgan fingerprint density at radius 3 is 3.04 bits per heavy atom. The first-order chi connectivity index (χ1) is 12.7. The van der Waals surface area contributed by atoms with Crippen LogP contribution in [0.1, 0.15) is 37.1 Å². The summed E-state index contributed by atoms with van der Waals surface area (Å²) in [5.74, 6) is 0.887. The molecule has 0 spiro atoms. The van der Waals surface area contributed by atoms with Crippen LogP contribution in [-0.4, -0.2) is 38.2 Å². The van der Waals surface area contributed by atoms with E-state index in [1.54, 1.807) is 6.20 Å². The first-order valence-corrected chi connectivity index (χ1v) is 9.27. The molecule has 1 aliphatic carbocycles. The molecule has 6 nitrogen and oxygen atoms in total. The van der Waals surface area contributed by atoms with Gasteiger partial charge in [0.15, 0.2) is 0 Å². The fourth-order valence-electron chi connectivity index (χ4n) is 3.62. The quantitative estimate of drug-likeness (QED) is 0.849. The second-order valence-corrected chi connectivity index (χ2v) is 6.99. The third-order valence-corrected chi connectivity index (χ3v) is 5.15. The zero-order valence-corrected chi connectivity index (χ0v) is 15.1. The second kappa shape index (κ2) is 7.32. The zero-order valence-electron chi connectivity index (χ0n) is 15.1. The molecule has 0 aromatic carbocycles. The number of ether oxygens (including phenoxy) is 1. The van der Waals surface area contributed by atoms with E-state index in [1.165, 1.54) is 0 Å². The van der Waals surface area contributed by atoms with Crippen LogP contribution < -0.4 is 4.74 Å². The Hall–Kier alpha value is -2.63. The molecule has 0 N–H and O–H groups in total. The van der Waals surface area contributed by atoms with E-state index in [0.717, 1.165) is 54.9 Å². The van der Waals surface area contributed by atoms with Crippen LogP contribution >= 0.6 is 0 Å². The lowest BCUT2D eigenvalue weighted by Crippen LogP contribution is -2.43. The number of fused-ring (bicyclic) bond motifs is 1. The molecule has 4 rings (SSSR count). The minimum Gasteiger partial charge on any atom is -0.490 e. The summed E-state index contributed by atoms with van der Waals surface area (Å²) < 4.78 is 7.97. The van der Waals surface area contributed by atoms with Gasteiger partial charge in [0.05, 0.1) is 24.5 Å². The molecular formula is C20H24N4O2. The van der Waals surface area contributed by atoms with Gasteiger partial charge in [-0.3, -0.25) is 14.5 Å². The first kappa shape index (κ1) is 16.8.